The lowest BCUT2D eigenvalue weighted by Crippen LogP contribution is -2.43. The van der Waals surface area contributed by atoms with Crippen LogP contribution in [0.2, 0.25) is 5.02 Å². The highest BCUT2D eigenvalue weighted by molar-refractivity contribution is 6.31. The summed E-state index contributed by atoms with van der Waals surface area (Å²) in [6, 6.07) is 4.65. The molecule has 1 aromatic carbocycles. The number of nitrogens with one attached hydrogen (secondary N) is 1. The predicted molar refractivity (Wildman–Crippen MR) is 64.2 cm³/mol. The third kappa shape index (κ3) is 4.06. The minimum Gasteiger partial charge on any atom is -0.480 e. The standard InChI is InChI=1S/C11H11ClN2O4/c12-7-3-1-2-6(4-7)10(16)14-8(11(17)18)5-9(13)15/h1-4,8H,5H2,(H2,13,15)(H,14,16)(H,17,18). The topological polar surface area (TPSA) is 109 Å². The first kappa shape index (κ1) is 14.0. The second kappa shape index (κ2) is 6.02. The van der Waals surface area contributed by atoms with Crippen molar-refractivity contribution < 1.29 is 19.5 Å². The van der Waals surface area contributed by atoms with Gasteiger partial charge >= 0.3 is 5.97 Å². The summed E-state index contributed by atoms with van der Waals surface area (Å²) in [6.07, 6.45) is -0.471. The number of halogens is 1. The Bertz CT molecular complexity index is 490. The quantitative estimate of drug-likeness (QED) is 0.719. The van der Waals surface area contributed by atoms with Gasteiger partial charge < -0.3 is 16.2 Å². The van der Waals surface area contributed by atoms with Gasteiger partial charge in [0, 0.05) is 10.6 Å². The Labute approximate surface area is 108 Å². The number of hydrogen-bond acceptors (Lipinski definition) is 3. The molecule has 0 saturated carbocycles. The van der Waals surface area contributed by atoms with Crippen LogP contribution >= 0.6 is 11.6 Å². The van der Waals surface area contributed by atoms with E-state index in [1.807, 2.05) is 0 Å². The van der Waals surface area contributed by atoms with Gasteiger partial charge in [-0.1, -0.05) is 17.7 Å². The van der Waals surface area contributed by atoms with E-state index in [-0.39, 0.29) is 5.56 Å². The summed E-state index contributed by atoms with van der Waals surface area (Å²) in [5.41, 5.74) is 5.10. The first-order valence-electron chi connectivity index (χ1n) is 4.97. The van der Waals surface area contributed by atoms with Gasteiger partial charge in [0.1, 0.15) is 6.04 Å². The molecule has 2 amide bonds. The van der Waals surface area contributed by atoms with E-state index in [2.05, 4.69) is 5.32 Å². The van der Waals surface area contributed by atoms with Crippen molar-refractivity contribution in [1.29, 1.82) is 0 Å². The van der Waals surface area contributed by atoms with Crippen molar-refractivity contribution in [2.45, 2.75) is 12.5 Å². The molecule has 1 unspecified atom stereocenters. The van der Waals surface area contributed by atoms with E-state index in [0.717, 1.165) is 0 Å². The molecular formula is C11H11ClN2O4. The molecule has 0 spiro atoms. The molecule has 4 N–H and O–H groups in total. The van der Waals surface area contributed by atoms with Gasteiger partial charge in [0.15, 0.2) is 0 Å². The molecule has 0 bridgehead atoms. The SMILES string of the molecule is NC(=O)CC(NC(=O)c1cccc(Cl)c1)C(=O)O. The highest BCUT2D eigenvalue weighted by Gasteiger charge is 2.22. The van der Waals surface area contributed by atoms with Crippen LogP contribution in [0, 0.1) is 0 Å². The van der Waals surface area contributed by atoms with E-state index < -0.39 is 30.2 Å². The number of nitrogens with two attached hydrogens (primary N) is 1. The first-order valence-corrected chi connectivity index (χ1v) is 5.35. The number of hydrogen-bond donors (Lipinski definition) is 3. The third-order valence-electron chi connectivity index (χ3n) is 2.10. The van der Waals surface area contributed by atoms with Gasteiger partial charge in [0.25, 0.3) is 5.91 Å². The highest BCUT2D eigenvalue weighted by Crippen LogP contribution is 2.10. The number of rotatable bonds is 5. The molecule has 1 aromatic rings. The molecule has 0 saturated heterocycles. The van der Waals surface area contributed by atoms with Gasteiger partial charge in [-0.15, -0.1) is 0 Å². The van der Waals surface area contributed by atoms with Crippen molar-refractivity contribution in [1.82, 2.24) is 5.32 Å². The van der Waals surface area contributed by atoms with E-state index in [0.29, 0.717) is 5.02 Å². The smallest absolute Gasteiger partial charge is 0.326 e. The summed E-state index contributed by atoms with van der Waals surface area (Å²) in [5.74, 6) is -2.77. The Balaban J connectivity index is 2.78. The molecule has 7 heteroatoms. The normalized spacial score (nSPS) is 11.6. The van der Waals surface area contributed by atoms with Gasteiger partial charge in [-0.05, 0) is 18.2 Å². The summed E-state index contributed by atoms with van der Waals surface area (Å²) in [4.78, 5) is 33.2. The Kier molecular flexibility index (Phi) is 4.67. The molecule has 0 aliphatic rings. The van der Waals surface area contributed by atoms with Crippen molar-refractivity contribution >= 4 is 29.4 Å². The number of carboxylic acids is 1. The van der Waals surface area contributed by atoms with Crippen LogP contribution in [0.5, 0.6) is 0 Å². The van der Waals surface area contributed by atoms with E-state index >= 15 is 0 Å². The summed E-state index contributed by atoms with van der Waals surface area (Å²) in [5, 5.41) is 11.4. The van der Waals surface area contributed by atoms with Crippen LogP contribution < -0.4 is 11.1 Å². The average molecular weight is 271 g/mol. The number of aliphatic carboxylic acids is 1. The van der Waals surface area contributed by atoms with Crippen LogP contribution in [-0.4, -0.2) is 28.9 Å². The number of carbonyl (C=O) groups excluding carboxylic acids is 2. The lowest BCUT2D eigenvalue weighted by atomic mass is 10.1. The van der Waals surface area contributed by atoms with E-state index in [4.69, 9.17) is 22.4 Å². The Hall–Kier alpha value is -2.08. The Morgan fingerprint density at radius 3 is 2.56 bits per heavy atom. The molecule has 0 aliphatic heterocycles. The summed E-state index contributed by atoms with van der Waals surface area (Å²) in [6.45, 7) is 0. The second-order valence-corrected chi connectivity index (χ2v) is 3.98. The number of benzene rings is 1. The third-order valence-corrected chi connectivity index (χ3v) is 2.33. The zero-order valence-electron chi connectivity index (χ0n) is 9.22. The molecule has 96 valence electrons. The molecule has 6 nitrogen and oxygen atoms in total. The maximum Gasteiger partial charge on any atom is 0.326 e. The van der Waals surface area contributed by atoms with Crippen molar-refractivity contribution in [3.05, 3.63) is 34.9 Å². The number of primary amides is 1. The monoisotopic (exact) mass is 270 g/mol. The van der Waals surface area contributed by atoms with Crippen LogP contribution in [0.1, 0.15) is 16.8 Å². The largest absolute Gasteiger partial charge is 0.480 e. The average Bonchev–Trinajstić information content (AvgIpc) is 2.27. The zero-order valence-corrected chi connectivity index (χ0v) is 9.98. The number of amides is 2. The van der Waals surface area contributed by atoms with Crippen molar-refractivity contribution in [3.63, 3.8) is 0 Å². The maximum absolute atomic E-state index is 11.7. The molecule has 0 aromatic heterocycles. The zero-order chi connectivity index (χ0) is 13.7. The maximum atomic E-state index is 11.7. The van der Waals surface area contributed by atoms with Crippen LogP contribution in [0.25, 0.3) is 0 Å². The van der Waals surface area contributed by atoms with Crippen molar-refractivity contribution in [2.24, 2.45) is 5.73 Å². The molecule has 0 radical (unpaired) electrons. The van der Waals surface area contributed by atoms with Gasteiger partial charge in [-0.25, -0.2) is 4.79 Å². The minimum absolute atomic E-state index is 0.207. The lowest BCUT2D eigenvalue weighted by Gasteiger charge is -2.12. The fraction of sp³-hybridized carbons (Fsp3) is 0.182. The van der Waals surface area contributed by atoms with Crippen LogP contribution in [0.4, 0.5) is 0 Å². The molecule has 1 rings (SSSR count). The molecular weight excluding hydrogens is 260 g/mol. The van der Waals surface area contributed by atoms with Crippen LogP contribution in [-0.2, 0) is 9.59 Å². The minimum atomic E-state index is -1.35. The molecule has 0 fully saturated rings. The predicted octanol–water partition coefficient (Wildman–Crippen LogP) is 0.398. The van der Waals surface area contributed by atoms with Gasteiger partial charge in [0.2, 0.25) is 5.91 Å². The fourth-order valence-corrected chi connectivity index (χ4v) is 1.46. The van der Waals surface area contributed by atoms with Crippen LogP contribution in [0.15, 0.2) is 24.3 Å². The second-order valence-electron chi connectivity index (χ2n) is 3.55. The first-order chi connectivity index (χ1) is 8.40. The van der Waals surface area contributed by atoms with Crippen molar-refractivity contribution in [2.75, 3.05) is 0 Å². The van der Waals surface area contributed by atoms with Gasteiger partial charge in [0.05, 0.1) is 6.42 Å². The summed E-state index contributed by atoms with van der Waals surface area (Å²) < 4.78 is 0. The number of carbonyl (C=O) groups is 3. The van der Waals surface area contributed by atoms with E-state index in [1.165, 1.54) is 12.1 Å². The Morgan fingerprint density at radius 2 is 2.06 bits per heavy atom. The number of carboxylic acid groups (broad SMARTS) is 1. The van der Waals surface area contributed by atoms with Crippen LogP contribution in [0.3, 0.4) is 0 Å². The summed E-state index contributed by atoms with van der Waals surface area (Å²) in [7, 11) is 0. The lowest BCUT2D eigenvalue weighted by molar-refractivity contribution is -0.140. The van der Waals surface area contributed by atoms with E-state index in [9.17, 15) is 14.4 Å². The molecule has 0 aliphatic carbocycles. The Morgan fingerprint density at radius 1 is 1.39 bits per heavy atom. The van der Waals surface area contributed by atoms with Gasteiger partial charge in [-0.2, -0.15) is 0 Å². The molecule has 0 heterocycles. The van der Waals surface area contributed by atoms with E-state index in [1.54, 1.807) is 12.1 Å². The van der Waals surface area contributed by atoms with Crippen molar-refractivity contribution in [3.8, 4) is 0 Å². The molecule has 18 heavy (non-hydrogen) atoms. The summed E-state index contributed by atoms with van der Waals surface area (Å²) >= 11 is 5.70. The fourth-order valence-electron chi connectivity index (χ4n) is 1.27. The highest BCUT2D eigenvalue weighted by atomic mass is 35.5. The molecule has 1 atom stereocenters. The van der Waals surface area contributed by atoms with Gasteiger partial charge in [-0.3, -0.25) is 9.59 Å².